The fourth-order valence-corrected chi connectivity index (χ4v) is 0.608. The van der Waals surface area contributed by atoms with E-state index in [-0.39, 0.29) is 12.5 Å². The molecule has 0 fully saturated rings. The second kappa shape index (κ2) is 5.61. The molecule has 0 aromatic carbocycles. The minimum atomic E-state index is -2.05. The highest BCUT2D eigenvalue weighted by atomic mass is 35.6. The SMILES string of the molecule is O=C(OCC(Cl)CCl)C(Cl)(Cl)Cl. The van der Waals surface area contributed by atoms with Crippen molar-refractivity contribution in [2.75, 3.05) is 12.5 Å². The molecule has 7 heteroatoms. The van der Waals surface area contributed by atoms with Gasteiger partial charge in [-0.2, -0.15) is 0 Å². The van der Waals surface area contributed by atoms with Crippen molar-refractivity contribution < 1.29 is 9.53 Å². The number of hydrogen-bond donors (Lipinski definition) is 0. The molecule has 0 aliphatic heterocycles. The summed E-state index contributed by atoms with van der Waals surface area (Å²) in [7, 11) is 0. The third kappa shape index (κ3) is 5.55. The first-order chi connectivity index (χ1) is 5.38. The van der Waals surface area contributed by atoms with E-state index in [1.54, 1.807) is 0 Å². The van der Waals surface area contributed by atoms with Crippen LogP contribution in [0.3, 0.4) is 0 Å². The number of alkyl halides is 5. The summed E-state index contributed by atoms with van der Waals surface area (Å²) in [5.41, 5.74) is 0. The van der Waals surface area contributed by atoms with Crippen LogP contribution in [0.1, 0.15) is 0 Å². The Balaban J connectivity index is 3.73. The molecule has 1 unspecified atom stereocenters. The van der Waals surface area contributed by atoms with Crippen molar-refractivity contribution >= 4 is 64.0 Å². The molecule has 0 heterocycles. The van der Waals surface area contributed by atoms with Crippen LogP contribution in [0, 0.1) is 0 Å². The van der Waals surface area contributed by atoms with Gasteiger partial charge in [-0.15, -0.1) is 23.2 Å². The normalized spacial score (nSPS) is 14.1. The average molecular weight is 274 g/mol. The maximum atomic E-state index is 10.8. The largest absolute Gasteiger partial charge is 0.461 e. The summed E-state index contributed by atoms with van der Waals surface area (Å²) in [5, 5.41) is -0.469. The van der Waals surface area contributed by atoms with Gasteiger partial charge in [-0.05, 0) is 0 Å². The van der Waals surface area contributed by atoms with E-state index in [4.69, 9.17) is 58.0 Å². The molecule has 0 aromatic rings. The molecule has 0 N–H and O–H groups in total. The first-order valence-electron chi connectivity index (χ1n) is 2.82. The molecule has 0 saturated heterocycles. The summed E-state index contributed by atoms with van der Waals surface area (Å²) in [4.78, 5) is 10.8. The minimum absolute atomic E-state index is 0.0716. The van der Waals surface area contributed by atoms with Crippen LogP contribution in [0.15, 0.2) is 0 Å². The molecule has 0 spiro atoms. The summed E-state index contributed by atoms with van der Waals surface area (Å²) in [6.45, 7) is -0.0716. The Morgan fingerprint density at radius 1 is 1.42 bits per heavy atom. The van der Waals surface area contributed by atoms with Crippen molar-refractivity contribution in [3.63, 3.8) is 0 Å². The second-order valence-corrected chi connectivity index (χ2v) is 5.05. The van der Waals surface area contributed by atoms with Crippen LogP contribution in [0.4, 0.5) is 0 Å². The maximum absolute atomic E-state index is 10.8. The van der Waals surface area contributed by atoms with Gasteiger partial charge in [0.15, 0.2) is 0 Å². The summed E-state index contributed by atoms with van der Waals surface area (Å²) in [6.07, 6.45) is 0. The molecule has 0 radical (unpaired) electrons. The number of esters is 1. The van der Waals surface area contributed by atoms with E-state index in [0.717, 1.165) is 0 Å². The van der Waals surface area contributed by atoms with Crippen LogP contribution in [0.2, 0.25) is 0 Å². The molecule has 0 rings (SSSR count). The van der Waals surface area contributed by atoms with Crippen molar-refractivity contribution in [3.05, 3.63) is 0 Å². The Bertz CT molecular complexity index is 154. The van der Waals surface area contributed by atoms with E-state index in [2.05, 4.69) is 4.74 Å². The fourth-order valence-electron chi connectivity index (χ4n) is 0.292. The predicted molar refractivity (Wildman–Crippen MR) is 51.6 cm³/mol. The fraction of sp³-hybridized carbons (Fsp3) is 0.800. The van der Waals surface area contributed by atoms with Crippen LogP contribution in [0.5, 0.6) is 0 Å². The number of rotatable bonds is 3. The van der Waals surface area contributed by atoms with Gasteiger partial charge < -0.3 is 4.74 Å². The molecule has 12 heavy (non-hydrogen) atoms. The highest BCUT2D eigenvalue weighted by Crippen LogP contribution is 2.27. The zero-order valence-corrected chi connectivity index (χ0v) is 9.48. The van der Waals surface area contributed by atoms with Gasteiger partial charge in [0.1, 0.15) is 6.61 Å². The zero-order valence-electron chi connectivity index (χ0n) is 5.70. The standard InChI is InChI=1S/C5H5Cl5O2/c6-1-3(7)2-12-4(11)5(8,9)10/h3H,1-2H2. The molecular formula is C5H5Cl5O2. The van der Waals surface area contributed by atoms with E-state index >= 15 is 0 Å². The van der Waals surface area contributed by atoms with Crippen molar-refractivity contribution in [1.82, 2.24) is 0 Å². The van der Waals surface area contributed by atoms with Gasteiger partial charge in [-0.25, -0.2) is 4.79 Å². The second-order valence-electron chi connectivity index (χ2n) is 1.85. The third-order valence-electron chi connectivity index (χ3n) is 0.794. The van der Waals surface area contributed by atoms with Gasteiger partial charge in [-0.1, -0.05) is 34.8 Å². The van der Waals surface area contributed by atoms with E-state index in [1.807, 2.05) is 0 Å². The van der Waals surface area contributed by atoms with Gasteiger partial charge in [0.2, 0.25) is 0 Å². The summed E-state index contributed by atoms with van der Waals surface area (Å²) >= 11 is 26.4. The molecule has 72 valence electrons. The molecule has 2 nitrogen and oxygen atoms in total. The predicted octanol–water partition coefficient (Wildman–Crippen LogP) is 2.75. The van der Waals surface area contributed by atoms with Crippen molar-refractivity contribution in [3.8, 4) is 0 Å². The summed E-state index contributed by atoms with van der Waals surface area (Å²) < 4.78 is 2.46. The highest BCUT2D eigenvalue weighted by molar-refractivity contribution is 6.75. The Kier molecular flexibility index (Phi) is 6.04. The van der Waals surface area contributed by atoms with E-state index in [9.17, 15) is 4.79 Å². The molecule has 0 aliphatic carbocycles. The molecule has 0 aromatic heterocycles. The quantitative estimate of drug-likeness (QED) is 0.584. The van der Waals surface area contributed by atoms with Crippen LogP contribution >= 0.6 is 58.0 Å². The average Bonchev–Trinajstić information content (AvgIpc) is 1.97. The maximum Gasteiger partial charge on any atom is 0.358 e. The highest BCUT2D eigenvalue weighted by Gasteiger charge is 2.32. The van der Waals surface area contributed by atoms with E-state index in [0.29, 0.717) is 0 Å². The van der Waals surface area contributed by atoms with Crippen LogP contribution < -0.4 is 0 Å². The Hall–Kier alpha value is 0.920. The smallest absolute Gasteiger partial charge is 0.358 e. The van der Waals surface area contributed by atoms with E-state index in [1.165, 1.54) is 0 Å². The minimum Gasteiger partial charge on any atom is -0.461 e. The molecule has 0 bridgehead atoms. The van der Waals surface area contributed by atoms with E-state index < -0.39 is 15.1 Å². The van der Waals surface area contributed by atoms with Crippen molar-refractivity contribution in [2.24, 2.45) is 0 Å². The lowest BCUT2D eigenvalue weighted by Crippen LogP contribution is -2.25. The van der Waals surface area contributed by atoms with Crippen LogP contribution in [-0.2, 0) is 9.53 Å². The first-order valence-corrected chi connectivity index (χ1v) is 4.92. The van der Waals surface area contributed by atoms with Gasteiger partial charge >= 0.3 is 5.97 Å². The molecular weight excluding hydrogens is 269 g/mol. The number of hydrogen-bond acceptors (Lipinski definition) is 2. The zero-order chi connectivity index (χ0) is 9.78. The third-order valence-corrected chi connectivity index (χ3v) is 2.07. The number of carbonyl (C=O) groups excluding carboxylic acids is 1. The molecule has 0 saturated carbocycles. The number of halogens is 5. The van der Waals surface area contributed by atoms with Gasteiger partial charge in [-0.3, -0.25) is 0 Å². The lowest BCUT2D eigenvalue weighted by atomic mass is 10.5. The summed E-state index contributed by atoms with van der Waals surface area (Å²) in [6, 6.07) is 0. The molecule has 1 atom stereocenters. The summed E-state index contributed by atoms with van der Waals surface area (Å²) in [5.74, 6) is -0.794. The molecule has 0 aliphatic rings. The van der Waals surface area contributed by atoms with Crippen LogP contribution in [-0.4, -0.2) is 27.6 Å². The van der Waals surface area contributed by atoms with Crippen molar-refractivity contribution in [2.45, 2.75) is 9.17 Å². The number of carbonyl (C=O) groups is 1. The van der Waals surface area contributed by atoms with Gasteiger partial charge in [0.25, 0.3) is 3.79 Å². The Labute approximate surface area is 95.0 Å². The monoisotopic (exact) mass is 272 g/mol. The van der Waals surface area contributed by atoms with Gasteiger partial charge in [0.05, 0.1) is 5.38 Å². The molecule has 0 amide bonds. The number of ether oxygens (including phenoxy) is 1. The lowest BCUT2D eigenvalue weighted by molar-refractivity contribution is -0.142. The van der Waals surface area contributed by atoms with Gasteiger partial charge in [0, 0.05) is 5.88 Å². The Morgan fingerprint density at radius 2 is 1.92 bits per heavy atom. The lowest BCUT2D eigenvalue weighted by Gasteiger charge is -2.11. The van der Waals surface area contributed by atoms with Crippen LogP contribution in [0.25, 0.3) is 0 Å². The first kappa shape index (κ1) is 12.9. The Morgan fingerprint density at radius 3 is 2.25 bits per heavy atom. The topological polar surface area (TPSA) is 26.3 Å². The van der Waals surface area contributed by atoms with Crippen molar-refractivity contribution in [1.29, 1.82) is 0 Å².